The van der Waals surface area contributed by atoms with E-state index in [4.69, 9.17) is 4.42 Å². The molecule has 0 saturated heterocycles. The predicted molar refractivity (Wildman–Crippen MR) is 136 cm³/mol. The zero-order chi connectivity index (χ0) is 28.9. The normalized spacial score (nSPS) is 12.4. The number of anilines is 1. The number of nitrogens with zero attached hydrogens (tertiary/aromatic N) is 5. The van der Waals surface area contributed by atoms with Crippen LogP contribution in [0.3, 0.4) is 0 Å². The monoisotopic (exact) mass is 558 g/mol. The molecule has 0 saturated carbocycles. The SMILES string of the molecule is CC(C)CC(C(=O)NCc1ccco1)N(C(=O)Cn1nnc(-c2ccc(C(F)(F)F)cc2)n1)c1ccc(F)cc1. The van der Waals surface area contributed by atoms with Gasteiger partial charge in [-0.2, -0.15) is 18.0 Å². The number of furan rings is 1. The van der Waals surface area contributed by atoms with Crippen molar-refractivity contribution in [2.24, 2.45) is 5.92 Å². The van der Waals surface area contributed by atoms with Crippen LogP contribution in [0.15, 0.2) is 71.3 Å². The number of hydrogen-bond acceptors (Lipinski definition) is 6. The highest BCUT2D eigenvalue weighted by Gasteiger charge is 2.33. The molecule has 1 unspecified atom stereocenters. The van der Waals surface area contributed by atoms with Gasteiger partial charge in [0.15, 0.2) is 0 Å². The Balaban J connectivity index is 1.58. The fourth-order valence-electron chi connectivity index (χ4n) is 4.01. The average Bonchev–Trinajstić information content (AvgIpc) is 3.60. The van der Waals surface area contributed by atoms with Crippen LogP contribution in [0.5, 0.6) is 0 Å². The number of rotatable bonds is 10. The highest BCUT2D eigenvalue weighted by molar-refractivity contribution is 6.00. The van der Waals surface area contributed by atoms with Crippen LogP contribution in [0, 0.1) is 11.7 Å². The minimum absolute atomic E-state index is 0.00544. The van der Waals surface area contributed by atoms with Crippen LogP contribution in [0.4, 0.5) is 23.2 Å². The van der Waals surface area contributed by atoms with Gasteiger partial charge in [0.05, 0.1) is 18.4 Å². The molecule has 0 spiro atoms. The van der Waals surface area contributed by atoms with Crippen molar-refractivity contribution >= 4 is 17.5 Å². The van der Waals surface area contributed by atoms with E-state index in [0.717, 1.165) is 16.9 Å². The first kappa shape index (κ1) is 28.5. The fraction of sp³-hybridized carbons (Fsp3) is 0.296. The van der Waals surface area contributed by atoms with Crippen LogP contribution in [0.1, 0.15) is 31.6 Å². The Bertz CT molecular complexity index is 1420. The van der Waals surface area contributed by atoms with E-state index in [1.165, 1.54) is 47.6 Å². The largest absolute Gasteiger partial charge is 0.467 e. The highest BCUT2D eigenvalue weighted by Crippen LogP contribution is 2.30. The molecule has 0 bridgehead atoms. The number of carbonyl (C=O) groups is 2. The Morgan fingerprint density at radius 3 is 2.35 bits per heavy atom. The van der Waals surface area contributed by atoms with E-state index in [1.807, 2.05) is 13.8 Å². The second-order valence-corrected chi connectivity index (χ2v) is 9.40. The van der Waals surface area contributed by atoms with Gasteiger partial charge in [0, 0.05) is 11.3 Å². The van der Waals surface area contributed by atoms with Crippen LogP contribution >= 0.6 is 0 Å². The number of tetrazole rings is 1. The van der Waals surface area contributed by atoms with E-state index < -0.39 is 42.0 Å². The summed E-state index contributed by atoms with van der Waals surface area (Å²) in [6.07, 6.45) is -2.73. The molecular formula is C27H26F4N6O3. The van der Waals surface area contributed by atoms with Gasteiger partial charge in [0.2, 0.25) is 11.7 Å². The van der Waals surface area contributed by atoms with Crippen molar-refractivity contribution < 1.29 is 31.6 Å². The number of carbonyl (C=O) groups excluding carboxylic acids is 2. The molecule has 0 radical (unpaired) electrons. The van der Waals surface area contributed by atoms with Gasteiger partial charge in [0.1, 0.15) is 24.2 Å². The fourth-order valence-corrected chi connectivity index (χ4v) is 4.01. The maximum Gasteiger partial charge on any atom is 0.416 e. The first-order valence-electron chi connectivity index (χ1n) is 12.3. The smallest absolute Gasteiger partial charge is 0.416 e. The molecule has 40 heavy (non-hydrogen) atoms. The summed E-state index contributed by atoms with van der Waals surface area (Å²) in [5.74, 6) is -0.992. The van der Waals surface area contributed by atoms with E-state index in [-0.39, 0.29) is 36.0 Å². The lowest BCUT2D eigenvalue weighted by molar-refractivity contribution is -0.137. The topological polar surface area (TPSA) is 106 Å². The van der Waals surface area contributed by atoms with Crippen molar-refractivity contribution in [2.45, 2.75) is 45.6 Å². The molecule has 9 nitrogen and oxygen atoms in total. The molecule has 0 aliphatic rings. The summed E-state index contributed by atoms with van der Waals surface area (Å²) >= 11 is 0. The van der Waals surface area contributed by atoms with Gasteiger partial charge in [-0.25, -0.2) is 4.39 Å². The third kappa shape index (κ3) is 7.10. The van der Waals surface area contributed by atoms with E-state index in [2.05, 4.69) is 20.7 Å². The highest BCUT2D eigenvalue weighted by atomic mass is 19.4. The predicted octanol–water partition coefficient (Wildman–Crippen LogP) is 4.86. The molecule has 4 rings (SSSR count). The molecule has 0 aliphatic carbocycles. The Labute approximate surface area is 226 Å². The molecule has 1 N–H and O–H groups in total. The van der Waals surface area contributed by atoms with Gasteiger partial charge >= 0.3 is 6.18 Å². The van der Waals surface area contributed by atoms with Crippen LogP contribution in [0.25, 0.3) is 11.4 Å². The van der Waals surface area contributed by atoms with Gasteiger partial charge in [0.25, 0.3) is 5.91 Å². The minimum atomic E-state index is -4.49. The minimum Gasteiger partial charge on any atom is -0.467 e. The maximum atomic E-state index is 13.7. The van der Waals surface area contributed by atoms with Gasteiger partial charge in [-0.1, -0.05) is 26.0 Å². The summed E-state index contributed by atoms with van der Waals surface area (Å²) in [6.45, 7) is 3.46. The summed E-state index contributed by atoms with van der Waals surface area (Å²) in [6, 6.07) is 11.8. The second-order valence-electron chi connectivity index (χ2n) is 9.40. The lowest BCUT2D eigenvalue weighted by Crippen LogP contribution is -2.51. The number of halogens is 4. The lowest BCUT2D eigenvalue weighted by atomic mass is 10.0. The summed E-state index contributed by atoms with van der Waals surface area (Å²) in [5.41, 5.74) is -0.263. The second kappa shape index (κ2) is 12.1. The number of hydrogen-bond donors (Lipinski definition) is 1. The first-order chi connectivity index (χ1) is 19.0. The lowest BCUT2D eigenvalue weighted by Gasteiger charge is -2.32. The van der Waals surface area contributed by atoms with E-state index in [1.54, 1.807) is 12.1 Å². The van der Waals surface area contributed by atoms with Gasteiger partial charge in [-0.3, -0.25) is 14.5 Å². The van der Waals surface area contributed by atoms with Gasteiger partial charge in [-0.15, -0.1) is 10.2 Å². The molecule has 2 aromatic heterocycles. The Morgan fingerprint density at radius 2 is 1.75 bits per heavy atom. The molecule has 1 atom stereocenters. The summed E-state index contributed by atoms with van der Waals surface area (Å²) in [4.78, 5) is 29.2. The molecule has 2 heterocycles. The number of amides is 2. The number of nitrogens with one attached hydrogen (secondary N) is 1. The molecule has 0 fully saturated rings. The van der Waals surface area contributed by atoms with Crippen molar-refractivity contribution in [3.63, 3.8) is 0 Å². The number of benzene rings is 2. The zero-order valence-corrected chi connectivity index (χ0v) is 21.6. The van der Waals surface area contributed by atoms with Crippen LogP contribution in [0.2, 0.25) is 0 Å². The maximum absolute atomic E-state index is 13.7. The molecule has 210 valence electrons. The van der Waals surface area contributed by atoms with E-state index in [0.29, 0.717) is 5.76 Å². The molecule has 0 aliphatic heterocycles. The van der Waals surface area contributed by atoms with E-state index in [9.17, 15) is 27.2 Å². The van der Waals surface area contributed by atoms with Crippen molar-refractivity contribution in [2.75, 3.05) is 4.90 Å². The quantitative estimate of drug-likeness (QED) is 0.279. The van der Waals surface area contributed by atoms with Crippen LogP contribution < -0.4 is 10.2 Å². The standard InChI is InChI=1S/C27H26F4N6O3/c1-17(2)14-23(26(39)32-15-22-4-3-13-40-22)37(21-11-9-20(28)10-12-21)24(38)16-36-34-25(33-35-36)18-5-7-19(8-6-18)27(29,30)31/h3-13,17,23H,14-16H2,1-2H3,(H,32,39). The van der Waals surface area contributed by atoms with Crippen molar-refractivity contribution in [1.29, 1.82) is 0 Å². The zero-order valence-electron chi connectivity index (χ0n) is 21.6. The van der Waals surface area contributed by atoms with Gasteiger partial charge < -0.3 is 9.73 Å². The molecule has 13 heteroatoms. The van der Waals surface area contributed by atoms with Crippen molar-refractivity contribution in [3.05, 3.63) is 84.1 Å². The Kier molecular flexibility index (Phi) is 8.61. The third-order valence-corrected chi connectivity index (χ3v) is 5.90. The number of aromatic nitrogens is 4. The van der Waals surface area contributed by atoms with Crippen molar-refractivity contribution in [3.8, 4) is 11.4 Å². The third-order valence-electron chi connectivity index (χ3n) is 5.90. The van der Waals surface area contributed by atoms with E-state index >= 15 is 0 Å². The van der Waals surface area contributed by atoms with Crippen LogP contribution in [-0.4, -0.2) is 38.1 Å². The molecule has 4 aromatic rings. The van der Waals surface area contributed by atoms with Crippen molar-refractivity contribution in [1.82, 2.24) is 25.5 Å². The summed E-state index contributed by atoms with van der Waals surface area (Å²) in [5, 5.41) is 14.6. The Hall–Kier alpha value is -4.55. The first-order valence-corrected chi connectivity index (χ1v) is 12.3. The summed E-state index contributed by atoms with van der Waals surface area (Å²) < 4.78 is 57.6. The molecule has 2 amide bonds. The number of alkyl halides is 3. The molecular weight excluding hydrogens is 532 g/mol. The Morgan fingerprint density at radius 1 is 1.05 bits per heavy atom. The summed E-state index contributed by atoms with van der Waals surface area (Å²) in [7, 11) is 0. The van der Waals surface area contributed by atoms with Crippen LogP contribution in [-0.2, 0) is 28.9 Å². The molecule has 2 aromatic carbocycles. The van der Waals surface area contributed by atoms with Gasteiger partial charge in [-0.05, 0) is 66.1 Å². The average molecular weight is 559 g/mol.